The Bertz CT molecular complexity index is 814. The highest BCUT2D eigenvalue weighted by molar-refractivity contribution is 6.33. The number of nitrogens with zero attached hydrogens (tertiary/aromatic N) is 1. The second kappa shape index (κ2) is 12.5. The molecule has 2 rings (SSSR count). The van der Waals surface area contributed by atoms with E-state index in [0.29, 0.717) is 61.0 Å². The van der Waals surface area contributed by atoms with Gasteiger partial charge in [0.25, 0.3) is 0 Å². The van der Waals surface area contributed by atoms with Gasteiger partial charge in [0.05, 0.1) is 10.7 Å². The third kappa shape index (κ3) is 7.22. The molecule has 0 bridgehead atoms. The topological polar surface area (TPSA) is 58.6 Å². The molecule has 0 aromatic heterocycles. The normalized spacial score (nSPS) is 22.6. The minimum Gasteiger partial charge on any atom is -0.458 e. The first-order valence-electron chi connectivity index (χ1n) is 10.0. The van der Waals surface area contributed by atoms with Crippen LogP contribution in [0.3, 0.4) is 0 Å². The first kappa shape index (κ1) is 24.0. The second-order valence-electron chi connectivity index (χ2n) is 7.04. The van der Waals surface area contributed by atoms with E-state index >= 15 is 0 Å². The zero-order chi connectivity index (χ0) is 21.9. The van der Waals surface area contributed by atoms with Crippen LogP contribution in [-0.2, 0) is 14.3 Å². The van der Waals surface area contributed by atoms with Gasteiger partial charge in [-0.3, -0.25) is 9.59 Å². The van der Waals surface area contributed by atoms with Crippen LogP contribution in [0.15, 0.2) is 70.3 Å². The van der Waals surface area contributed by atoms with E-state index in [1.54, 1.807) is 24.0 Å². The number of carbonyl (C=O) groups is 2. The molecule has 162 valence electrons. The average Bonchev–Trinajstić information content (AvgIpc) is 2.72. The maximum atomic E-state index is 12.9. The quantitative estimate of drug-likeness (QED) is 0.442. The van der Waals surface area contributed by atoms with Crippen molar-refractivity contribution >= 4 is 35.0 Å². The highest BCUT2D eigenvalue weighted by Gasteiger charge is 2.27. The Morgan fingerprint density at radius 2 is 1.83 bits per heavy atom. The lowest BCUT2D eigenvalue weighted by atomic mass is 9.95. The fourth-order valence-electron chi connectivity index (χ4n) is 3.27. The number of hydrogen-bond donors (Lipinski definition) is 1. The van der Waals surface area contributed by atoms with Gasteiger partial charge in [-0.15, -0.1) is 0 Å². The minimum atomic E-state index is -0.132. The zero-order valence-corrected chi connectivity index (χ0v) is 18.9. The molecule has 2 amide bonds. The first-order chi connectivity index (χ1) is 14.5. The lowest BCUT2D eigenvalue weighted by Gasteiger charge is -2.31. The summed E-state index contributed by atoms with van der Waals surface area (Å²) < 4.78 is 6.11. The molecule has 2 aliphatic rings. The number of hydrogen-bond acceptors (Lipinski definition) is 3. The van der Waals surface area contributed by atoms with Gasteiger partial charge in [0.1, 0.15) is 11.5 Å². The minimum absolute atomic E-state index is 0.0458. The summed E-state index contributed by atoms with van der Waals surface area (Å²) in [6, 6.07) is 0. The Hall–Kier alpha value is -2.24. The Labute approximate surface area is 188 Å². The number of ether oxygens (including phenoxy) is 1. The number of halogens is 2. The maximum Gasteiger partial charge on any atom is 0.227 e. The lowest BCUT2D eigenvalue weighted by molar-refractivity contribution is -0.133. The van der Waals surface area contributed by atoms with Crippen molar-refractivity contribution in [3.05, 3.63) is 70.3 Å². The predicted molar refractivity (Wildman–Crippen MR) is 121 cm³/mol. The molecule has 0 radical (unpaired) electrons. The summed E-state index contributed by atoms with van der Waals surface area (Å²) in [7, 11) is 0. The molecule has 1 N–H and O–H groups in total. The van der Waals surface area contributed by atoms with E-state index in [9.17, 15) is 9.59 Å². The van der Waals surface area contributed by atoms with Crippen molar-refractivity contribution in [2.24, 2.45) is 5.92 Å². The van der Waals surface area contributed by atoms with Crippen LogP contribution in [0.4, 0.5) is 0 Å². The van der Waals surface area contributed by atoms with Crippen molar-refractivity contribution in [2.75, 3.05) is 13.1 Å². The Kier molecular flexibility index (Phi) is 9.98. The van der Waals surface area contributed by atoms with E-state index in [2.05, 4.69) is 5.32 Å². The molecule has 1 aliphatic heterocycles. The van der Waals surface area contributed by atoms with E-state index < -0.39 is 0 Å². The van der Waals surface area contributed by atoms with E-state index in [4.69, 9.17) is 27.9 Å². The average molecular weight is 451 g/mol. The molecule has 0 aromatic carbocycles. The molecule has 1 fully saturated rings. The molecule has 1 saturated heterocycles. The van der Waals surface area contributed by atoms with Crippen LogP contribution in [0, 0.1) is 5.92 Å². The second-order valence-corrected chi connectivity index (χ2v) is 7.70. The van der Waals surface area contributed by atoms with Crippen LogP contribution in [0.5, 0.6) is 0 Å². The highest BCUT2D eigenvalue weighted by Crippen LogP contribution is 2.25. The molecule has 0 atom stereocenters. The van der Waals surface area contributed by atoms with Gasteiger partial charge < -0.3 is 15.0 Å². The summed E-state index contributed by atoms with van der Waals surface area (Å²) in [5.41, 5.74) is 2.02. The number of carbonyl (C=O) groups excluding carboxylic acids is 2. The van der Waals surface area contributed by atoms with Gasteiger partial charge in [-0.1, -0.05) is 53.6 Å². The van der Waals surface area contributed by atoms with E-state index in [1.165, 1.54) is 5.54 Å². The molecule has 0 unspecified atom stereocenters. The van der Waals surface area contributed by atoms with Crippen LogP contribution in [0.2, 0.25) is 0 Å². The molecule has 0 spiro atoms. The van der Waals surface area contributed by atoms with Crippen molar-refractivity contribution in [3.63, 3.8) is 0 Å². The van der Waals surface area contributed by atoms with E-state index in [0.717, 1.165) is 0 Å². The van der Waals surface area contributed by atoms with Gasteiger partial charge in [0.15, 0.2) is 0 Å². The van der Waals surface area contributed by atoms with Gasteiger partial charge in [0, 0.05) is 44.3 Å². The molecular weight excluding hydrogens is 423 g/mol. The zero-order valence-electron chi connectivity index (χ0n) is 17.4. The van der Waals surface area contributed by atoms with Gasteiger partial charge in [0.2, 0.25) is 11.8 Å². The maximum absolute atomic E-state index is 12.9. The smallest absolute Gasteiger partial charge is 0.227 e. The Morgan fingerprint density at radius 3 is 2.43 bits per heavy atom. The van der Waals surface area contributed by atoms with Crippen LogP contribution in [-0.4, -0.2) is 29.8 Å². The van der Waals surface area contributed by atoms with Gasteiger partial charge in [-0.25, -0.2) is 0 Å². The summed E-state index contributed by atoms with van der Waals surface area (Å²) in [6.07, 6.45) is 15.3. The number of amides is 2. The molecular formula is C23H28Cl2N2O3. The number of nitrogens with one attached hydrogen (secondary N) is 1. The summed E-state index contributed by atoms with van der Waals surface area (Å²) in [5.74, 6) is 0.948. The number of allylic oxidation sites excluding steroid dienone is 8. The predicted octanol–water partition coefficient (Wildman–Crippen LogP) is 5.27. The van der Waals surface area contributed by atoms with E-state index in [1.807, 2.05) is 37.3 Å². The first-order valence-corrected chi connectivity index (χ1v) is 10.8. The van der Waals surface area contributed by atoms with Gasteiger partial charge >= 0.3 is 0 Å². The fourth-order valence-corrected chi connectivity index (χ4v) is 3.63. The molecule has 1 aliphatic carbocycles. The Balaban J connectivity index is 2.22. The van der Waals surface area contributed by atoms with Crippen molar-refractivity contribution in [3.8, 4) is 0 Å². The summed E-state index contributed by atoms with van der Waals surface area (Å²) in [5, 5.41) is 3.42. The van der Waals surface area contributed by atoms with Crippen LogP contribution < -0.4 is 5.32 Å². The van der Waals surface area contributed by atoms with Crippen LogP contribution in [0.25, 0.3) is 0 Å². The number of rotatable bonds is 6. The van der Waals surface area contributed by atoms with E-state index in [-0.39, 0.29) is 17.7 Å². The molecule has 30 heavy (non-hydrogen) atoms. The monoisotopic (exact) mass is 450 g/mol. The Morgan fingerprint density at radius 1 is 1.17 bits per heavy atom. The summed E-state index contributed by atoms with van der Waals surface area (Å²) >= 11 is 11.9. The van der Waals surface area contributed by atoms with Crippen LogP contribution in [0.1, 0.15) is 39.5 Å². The fraction of sp³-hybridized carbons (Fsp3) is 0.391. The molecule has 1 heterocycles. The van der Waals surface area contributed by atoms with Crippen LogP contribution >= 0.6 is 23.2 Å². The molecule has 5 nitrogen and oxygen atoms in total. The summed E-state index contributed by atoms with van der Waals surface area (Å²) in [6.45, 7) is 4.63. The van der Waals surface area contributed by atoms with Gasteiger partial charge in [-0.05, 0) is 31.9 Å². The molecule has 0 aromatic rings. The third-order valence-corrected chi connectivity index (χ3v) is 5.36. The van der Waals surface area contributed by atoms with Crippen molar-refractivity contribution in [2.45, 2.75) is 39.5 Å². The number of likely N-dealkylation sites (tertiary alicyclic amines) is 1. The van der Waals surface area contributed by atoms with Crippen molar-refractivity contribution in [1.82, 2.24) is 10.2 Å². The third-order valence-electron chi connectivity index (χ3n) is 4.93. The largest absolute Gasteiger partial charge is 0.458 e. The highest BCUT2D eigenvalue weighted by atomic mass is 35.5. The molecule has 0 saturated carbocycles. The standard InChI is InChI=1S/C23H28Cl2N2O3/c1-3-8-21(19(25)11-14-24)30-22-10-7-5-4-6-9-20(22)26-23(29)18-12-15-27(16-13-18)17(2)28/h3-8,11,14,18H,9-10,12-13,15-16H2,1-2H3,(H,26,29)/b6-4-,7-5?,8-3-,14-11+,21-19-,22-20-. The van der Waals surface area contributed by atoms with Gasteiger partial charge in [-0.2, -0.15) is 0 Å². The van der Waals surface area contributed by atoms with Crippen molar-refractivity contribution in [1.29, 1.82) is 0 Å². The molecule has 7 heteroatoms. The lowest BCUT2D eigenvalue weighted by Crippen LogP contribution is -2.42. The summed E-state index contributed by atoms with van der Waals surface area (Å²) in [4.78, 5) is 26.2. The van der Waals surface area contributed by atoms with Crippen molar-refractivity contribution < 1.29 is 14.3 Å². The SMILES string of the molecule is C\C=C/C(O/C1=C(\NC(=O)C2CCN(C(C)=O)CC2)C/C=C\C=CC1)=C(Cl)\C=C\Cl. The number of piperidine rings is 1.